The van der Waals surface area contributed by atoms with Gasteiger partial charge >= 0.3 is 6.09 Å². The van der Waals surface area contributed by atoms with Gasteiger partial charge in [-0.2, -0.15) is 0 Å². The van der Waals surface area contributed by atoms with E-state index in [9.17, 15) is 4.79 Å². The molecule has 1 aromatic heterocycles. The molecule has 1 aliphatic heterocycles. The van der Waals surface area contributed by atoms with E-state index in [1.165, 1.54) is 9.60 Å². The van der Waals surface area contributed by atoms with E-state index >= 15 is 0 Å². The summed E-state index contributed by atoms with van der Waals surface area (Å²) in [6.07, 6.45) is 0.0641. The Morgan fingerprint density at radius 3 is 3.27 bits per heavy atom. The number of nitrogens with one attached hydrogen (secondary N) is 2. The second-order valence-electron chi connectivity index (χ2n) is 5.51. The normalized spacial score (nSPS) is 18.6. The molecule has 0 bridgehead atoms. The van der Waals surface area contributed by atoms with Crippen molar-refractivity contribution in [2.45, 2.75) is 19.4 Å². The molecule has 3 rings (SSSR count). The Hall–Kier alpha value is -1.86. The maximum atomic E-state index is 11.0. The van der Waals surface area contributed by atoms with E-state index in [1.54, 1.807) is 11.3 Å². The number of amides is 1. The second kappa shape index (κ2) is 6.50. The molecule has 2 heterocycles. The molecule has 6 nitrogen and oxygen atoms in total. The van der Waals surface area contributed by atoms with Gasteiger partial charge in [0.25, 0.3) is 0 Å². The van der Waals surface area contributed by atoms with Crippen molar-refractivity contribution in [1.82, 2.24) is 15.2 Å². The van der Waals surface area contributed by atoms with Gasteiger partial charge in [-0.15, -0.1) is 11.3 Å². The maximum absolute atomic E-state index is 11.0. The van der Waals surface area contributed by atoms with Crippen LogP contribution in [0.15, 0.2) is 18.2 Å². The minimum atomic E-state index is -0.828. The highest BCUT2D eigenvalue weighted by atomic mass is 32.1. The summed E-state index contributed by atoms with van der Waals surface area (Å²) >= 11 is 1.70. The number of benzene rings is 1. The van der Waals surface area contributed by atoms with Crippen molar-refractivity contribution < 1.29 is 9.90 Å². The third-order valence-corrected chi connectivity index (χ3v) is 4.78. The molecular weight excluding hydrogens is 300 g/mol. The number of aryl methyl sites for hydroxylation is 1. The molecule has 1 atom stereocenters. The summed E-state index contributed by atoms with van der Waals surface area (Å²) in [6.45, 7) is 4.68. The highest BCUT2D eigenvalue weighted by Crippen LogP contribution is 2.24. The first-order chi connectivity index (χ1) is 10.6. The van der Waals surface area contributed by atoms with Crippen molar-refractivity contribution in [3.8, 4) is 0 Å². The molecule has 0 spiro atoms. The predicted octanol–water partition coefficient (Wildman–Crippen LogP) is 2.36. The molecule has 0 saturated carbocycles. The zero-order valence-corrected chi connectivity index (χ0v) is 13.3. The number of hydrogen-bond acceptors (Lipinski definition) is 5. The maximum Gasteiger partial charge on any atom is 0.407 e. The predicted molar refractivity (Wildman–Crippen MR) is 88.9 cm³/mol. The Morgan fingerprint density at radius 1 is 1.59 bits per heavy atom. The number of carboxylic acid groups (broad SMARTS) is 1. The summed E-state index contributed by atoms with van der Waals surface area (Å²) in [5, 5.41) is 16.9. The lowest BCUT2D eigenvalue weighted by molar-refractivity contribution is 0.128. The molecule has 2 aromatic rings. The van der Waals surface area contributed by atoms with Gasteiger partial charge in [-0.3, -0.25) is 0 Å². The molecule has 1 saturated heterocycles. The van der Waals surface area contributed by atoms with Crippen LogP contribution in [0.1, 0.15) is 11.4 Å². The first-order valence-electron chi connectivity index (χ1n) is 7.44. The fourth-order valence-corrected chi connectivity index (χ4v) is 3.60. The van der Waals surface area contributed by atoms with Crippen molar-refractivity contribution in [3.05, 3.63) is 23.2 Å². The van der Waals surface area contributed by atoms with E-state index < -0.39 is 6.09 Å². The third kappa shape index (κ3) is 3.48. The zero-order chi connectivity index (χ0) is 15.5. The number of hydrogen-bond donors (Lipinski definition) is 3. The molecule has 22 heavy (non-hydrogen) atoms. The lowest BCUT2D eigenvalue weighted by atomic mass is 10.1. The number of piperazine rings is 1. The number of anilines is 1. The average molecular weight is 320 g/mol. The lowest BCUT2D eigenvalue weighted by Gasteiger charge is -2.31. The van der Waals surface area contributed by atoms with Crippen molar-refractivity contribution in [3.63, 3.8) is 0 Å². The summed E-state index contributed by atoms with van der Waals surface area (Å²) in [6, 6.07) is 6.41. The van der Waals surface area contributed by atoms with Gasteiger partial charge < -0.3 is 20.6 Å². The summed E-state index contributed by atoms with van der Waals surface area (Å²) in [5.41, 5.74) is 2.13. The fourth-order valence-electron chi connectivity index (χ4n) is 2.73. The van der Waals surface area contributed by atoms with Crippen molar-refractivity contribution >= 4 is 33.3 Å². The van der Waals surface area contributed by atoms with Gasteiger partial charge in [0.05, 0.1) is 15.2 Å². The molecule has 1 fully saturated rings. The number of fused-ring (bicyclic) bond motifs is 1. The monoisotopic (exact) mass is 320 g/mol. The van der Waals surface area contributed by atoms with Crippen LogP contribution in [0.2, 0.25) is 0 Å². The number of aromatic nitrogens is 1. The van der Waals surface area contributed by atoms with E-state index in [4.69, 9.17) is 5.11 Å². The van der Waals surface area contributed by atoms with Crippen molar-refractivity contribution in [2.75, 3.05) is 31.5 Å². The highest BCUT2D eigenvalue weighted by Gasteiger charge is 2.22. The van der Waals surface area contributed by atoms with Crippen LogP contribution < -0.4 is 10.6 Å². The van der Waals surface area contributed by atoms with Crippen LogP contribution in [0.5, 0.6) is 0 Å². The SMILES string of the molecule is Cc1nc2ccc(NCCC3CN(C(=O)O)CCN3)cc2s1. The molecule has 1 unspecified atom stereocenters. The van der Waals surface area contributed by atoms with Gasteiger partial charge in [-0.05, 0) is 31.5 Å². The van der Waals surface area contributed by atoms with Gasteiger partial charge in [-0.25, -0.2) is 9.78 Å². The molecule has 1 amide bonds. The molecule has 0 aliphatic carbocycles. The molecule has 1 aromatic carbocycles. The molecule has 118 valence electrons. The van der Waals surface area contributed by atoms with E-state index in [0.29, 0.717) is 13.1 Å². The summed E-state index contributed by atoms with van der Waals surface area (Å²) in [5.74, 6) is 0. The molecule has 0 radical (unpaired) electrons. The minimum Gasteiger partial charge on any atom is -0.465 e. The summed E-state index contributed by atoms with van der Waals surface area (Å²) < 4.78 is 1.19. The first kappa shape index (κ1) is 15.1. The van der Waals surface area contributed by atoms with Crippen molar-refractivity contribution in [2.24, 2.45) is 0 Å². The Morgan fingerprint density at radius 2 is 2.45 bits per heavy atom. The average Bonchev–Trinajstić information content (AvgIpc) is 2.87. The Bertz CT molecular complexity index is 673. The van der Waals surface area contributed by atoms with E-state index in [0.717, 1.165) is 35.7 Å². The van der Waals surface area contributed by atoms with Crippen LogP contribution in [0.4, 0.5) is 10.5 Å². The molecular formula is C15H20N4O2S. The molecule has 7 heteroatoms. The Kier molecular flexibility index (Phi) is 4.44. The van der Waals surface area contributed by atoms with Crippen LogP contribution in [-0.4, -0.2) is 53.3 Å². The summed E-state index contributed by atoms with van der Waals surface area (Å²) in [4.78, 5) is 16.9. The van der Waals surface area contributed by atoms with Crippen LogP contribution in [0, 0.1) is 6.92 Å². The minimum absolute atomic E-state index is 0.215. The van der Waals surface area contributed by atoms with Gasteiger partial charge in [-0.1, -0.05) is 0 Å². The van der Waals surface area contributed by atoms with Crippen LogP contribution in [0.3, 0.4) is 0 Å². The quantitative estimate of drug-likeness (QED) is 0.806. The van der Waals surface area contributed by atoms with Crippen LogP contribution in [0.25, 0.3) is 10.2 Å². The van der Waals surface area contributed by atoms with Gasteiger partial charge in [0.15, 0.2) is 0 Å². The zero-order valence-electron chi connectivity index (χ0n) is 12.5. The number of rotatable bonds is 4. The number of thiazole rings is 1. The lowest BCUT2D eigenvalue weighted by Crippen LogP contribution is -2.52. The topological polar surface area (TPSA) is 77.5 Å². The van der Waals surface area contributed by atoms with E-state index in [2.05, 4.69) is 21.7 Å². The van der Waals surface area contributed by atoms with Gasteiger partial charge in [0.2, 0.25) is 0 Å². The third-order valence-electron chi connectivity index (χ3n) is 3.84. The second-order valence-corrected chi connectivity index (χ2v) is 6.75. The Balaban J connectivity index is 1.52. The fraction of sp³-hybridized carbons (Fsp3) is 0.467. The Labute approximate surface area is 133 Å². The molecule has 3 N–H and O–H groups in total. The van der Waals surface area contributed by atoms with Crippen LogP contribution in [-0.2, 0) is 0 Å². The summed E-state index contributed by atoms with van der Waals surface area (Å²) in [7, 11) is 0. The highest BCUT2D eigenvalue weighted by molar-refractivity contribution is 7.18. The first-order valence-corrected chi connectivity index (χ1v) is 8.26. The van der Waals surface area contributed by atoms with Gasteiger partial charge in [0, 0.05) is 37.9 Å². The number of nitrogens with zero attached hydrogens (tertiary/aromatic N) is 2. The van der Waals surface area contributed by atoms with E-state index in [1.807, 2.05) is 19.1 Å². The van der Waals surface area contributed by atoms with E-state index in [-0.39, 0.29) is 6.04 Å². The smallest absolute Gasteiger partial charge is 0.407 e. The number of carbonyl (C=O) groups is 1. The molecule has 1 aliphatic rings. The standard InChI is InChI=1S/C15H20N4O2S/c1-10-18-13-3-2-11(8-14(13)22-10)16-5-4-12-9-19(15(20)21)7-6-17-12/h2-3,8,12,16-17H,4-7,9H2,1H3,(H,20,21). The van der Waals surface area contributed by atoms with Crippen molar-refractivity contribution in [1.29, 1.82) is 0 Å². The van der Waals surface area contributed by atoms with Crippen LogP contribution >= 0.6 is 11.3 Å². The largest absolute Gasteiger partial charge is 0.465 e. The van der Waals surface area contributed by atoms with Gasteiger partial charge in [0.1, 0.15) is 0 Å².